The Bertz CT molecular complexity index is 337. The summed E-state index contributed by atoms with van der Waals surface area (Å²) in [5.41, 5.74) is 0. The Balaban J connectivity index is 1.97. The van der Waals surface area contributed by atoms with Gasteiger partial charge in [-0.25, -0.2) is 4.98 Å². The van der Waals surface area contributed by atoms with Crippen molar-refractivity contribution in [2.75, 3.05) is 33.4 Å². The smallest absolute Gasteiger partial charge is 0.113 e. The number of ether oxygens (including phenoxy) is 1. The largest absolute Gasteiger partial charge is 0.380 e. The van der Waals surface area contributed by atoms with Crippen molar-refractivity contribution in [1.29, 1.82) is 0 Å². The van der Waals surface area contributed by atoms with Gasteiger partial charge in [-0.05, 0) is 33.4 Å². The molecular formula is C13H23N3O. The average Bonchev–Trinajstić information content (AvgIpc) is 2.78. The van der Waals surface area contributed by atoms with E-state index in [2.05, 4.69) is 27.7 Å². The molecule has 0 spiro atoms. The lowest BCUT2D eigenvalue weighted by Gasteiger charge is -2.29. The SMILES string of the molecule is CCOCCn1ccnc1C1CCCN(C)C1. The number of likely N-dealkylation sites (N-methyl/N-ethyl adjacent to an activating group) is 1. The number of nitrogens with zero attached hydrogens (tertiary/aromatic N) is 3. The monoisotopic (exact) mass is 237 g/mol. The number of hydrogen-bond donors (Lipinski definition) is 0. The molecular weight excluding hydrogens is 214 g/mol. The van der Waals surface area contributed by atoms with E-state index in [1.807, 2.05) is 13.1 Å². The molecule has 0 amide bonds. The van der Waals surface area contributed by atoms with Crippen LogP contribution in [-0.4, -0.2) is 47.8 Å². The van der Waals surface area contributed by atoms with Crippen LogP contribution in [0.25, 0.3) is 0 Å². The van der Waals surface area contributed by atoms with E-state index >= 15 is 0 Å². The second-order valence-electron chi connectivity index (χ2n) is 4.78. The molecule has 1 aromatic heterocycles. The van der Waals surface area contributed by atoms with E-state index < -0.39 is 0 Å². The predicted octanol–water partition coefficient (Wildman–Crippen LogP) is 1.73. The van der Waals surface area contributed by atoms with Crippen molar-refractivity contribution in [3.63, 3.8) is 0 Å². The maximum Gasteiger partial charge on any atom is 0.113 e. The fourth-order valence-electron chi connectivity index (χ4n) is 2.55. The van der Waals surface area contributed by atoms with Crippen LogP contribution in [-0.2, 0) is 11.3 Å². The molecule has 4 heteroatoms. The summed E-state index contributed by atoms with van der Waals surface area (Å²) in [6.45, 7) is 6.87. The van der Waals surface area contributed by atoms with Gasteiger partial charge in [0.1, 0.15) is 5.82 Å². The first-order valence-electron chi connectivity index (χ1n) is 6.58. The van der Waals surface area contributed by atoms with E-state index in [0.29, 0.717) is 5.92 Å². The molecule has 2 rings (SSSR count). The Hall–Kier alpha value is -0.870. The minimum atomic E-state index is 0.588. The lowest BCUT2D eigenvalue weighted by atomic mass is 9.97. The van der Waals surface area contributed by atoms with Crippen molar-refractivity contribution in [2.24, 2.45) is 0 Å². The third-order valence-electron chi connectivity index (χ3n) is 3.42. The van der Waals surface area contributed by atoms with Crippen molar-refractivity contribution >= 4 is 0 Å². The number of hydrogen-bond acceptors (Lipinski definition) is 3. The van der Waals surface area contributed by atoms with Crippen LogP contribution < -0.4 is 0 Å². The predicted molar refractivity (Wildman–Crippen MR) is 68.2 cm³/mol. The molecule has 0 aliphatic carbocycles. The quantitative estimate of drug-likeness (QED) is 0.731. The summed E-state index contributed by atoms with van der Waals surface area (Å²) in [5, 5.41) is 0. The fraction of sp³-hybridized carbons (Fsp3) is 0.769. The van der Waals surface area contributed by atoms with E-state index in [0.717, 1.165) is 26.3 Å². The van der Waals surface area contributed by atoms with Crippen LogP contribution in [0.15, 0.2) is 12.4 Å². The average molecular weight is 237 g/mol. The maximum atomic E-state index is 5.41. The van der Waals surface area contributed by atoms with Crippen molar-refractivity contribution < 1.29 is 4.74 Å². The Morgan fingerprint density at radius 2 is 2.41 bits per heavy atom. The van der Waals surface area contributed by atoms with Crippen LogP contribution in [0.4, 0.5) is 0 Å². The number of imidazole rings is 1. The van der Waals surface area contributed by atoms with Gasteiger partial charge in [0.15, 0.2) is 0 Å². The summed E-state index contributed by atoms with van der Waals surface area (Å²) in [7, 11) is 2.19. The summed E-state index contributed by atoms with van der Waals surface area (Å²) < 4.78 is 7.66. The lowest BCUT2D eigenvalue weighted by molar-refractivity contribution is 0.137. The highest BCUT2D eigenvalue weighted by Gasteiger charge is 2.22. The molecule has 0 N–H and O–H groups in total. The number of piperidine rings is 1. The van der Waals surface area contributed by atoms with E-state index in [-0.39, 0.29) is 0 Å². The minimum Gasteiger partial charge on any atom is -0.380 e. The highest BCUT2D eigenvalue weighted by molar-refractivity contribution is 5.03. The zero-order valence-electron chi connectivity index (χ0n) is 10.9. The van der Waals surface area contributed by atoms with E-state index in [1.165, 1.54) is 25.2 Å². The zero-order valence-corrected chi connectivity index (χ0v) is 10.9. The highest BCUT2D eigenvalue weighted by atomic mass is 16.5. The minimum absolute atomic E-state index is 0.588. The van der Waals surface area contributed by atoms with Gasteiger partial charge >= 0.3 is 0 Å². The molecule has 17 heavy (non-hydrogen) atoms. The van der Waals surface area contributed by atoms with E-state index in [1.54, 1.807) is 0 Å². The molecule has 0 bridgehead atoms. The van der Waals surface area contributed by atoms with Crippen LogP contribution in [0.2, 0.25) is 0 Å². The third kappa shape index (κ3) is 3.30. The van der Waals surface area contributed by atoms with Crippen molar-refractivity contribution in [3.8, 4) is 0 Å². The summed E-state index contributed by atoms with van der Waals surface area (Å²) in [4.78, 5) is 6.93. The molecule has 1 unspecified atom stereocenters. The van der Waals surface area contributed by atoms with Crippen LogP contribution in [0, 0.1) is 0 Å². The summed E-state index contributed by atoms with van der Waals surface area (Å²) in [6, 6.07) is 0. The molecule has 1 fully saturated rings. The third-order valence-corrected chi connectivity index (χ3v) is 3.42. The Kier molecular flexibility index (Phi) is 4.57. The first-order chi connectivity index (χ1) is 8.31. The van der Waals surface area contributed by atoms with Gasteiger partial charge in [-0.2, -0.15) is 0 Å². The molecule has 0 radical (unpaired) electrons. The Labute approximate surface area is 104 Å². The Morgan fingerprint density at radius 3 is 3.18 bits per heavy atom. The van der Waals surface area contributed by atoms with E-state index in [4.69, 9.17) is 4.74 Å². The van der Waals surface area contributed by atoms with Crippen LogP contribution in [0.3, 0.4) is 0 Å². The van der Waals surface area contributed by atoms with Gasteiger partial charge in [-0.15, -0.1) is 0 Å². The molecule has 4 nitrogen and oxygen atoms in total. The molecule has 2 heterocycles. The summed E-state index contributed by atoms with van der Waals surface area (Å²) >= 11 is 0. The molecule has 1 aliphatic rings. The maximum absolute atomic E-state index is 5.41. The van der Waals surface area contributed by atoms with Crippen LogP contribution >= 0.6 is 0 Å². The molecule has 1 atom stereocenters. The first kappa shape index (κ1) is 12.6. The van der Waals surface area contributed by atoms with Crippen LogP contribution in [0.1, 0.15) is 31.5 Å². The molecule has 1 aromatic rings. The van der Waals surface area contributed by atoms with Gasteiger partial charge in [0, 0.05) is 38.0 Å². The zero-order chi connectivity index (χ0) is 12.1. The number of rotatable bonds is 5. The molecule has 0 saturated carbocycles. The second kappa shape index (κ2) is 6.17. The fourth-order valence-corrected chi connectivity index (χ4v) is 2.55. The molecule has 96 valence electrons. The van der Waals surface area contributed by atoms with Crippen LogP contribution in [0.5, 0.6) is 0 Å². The van der Waals surface area contributed by atoms with Gasteiger partial charge in [0.25, 0.3) is 0 Å². The lowest BCUT2D eigenvalue weighted by Crippen LogP contribution is -2.32. The van der Waals surface area contributed by atoms with Crippen molar-refractivity contribution in [1.82, 2.24) is 14.5 Å². The Morgan fingerprint density at radius 1 is 1.53 bits per heavy atom. The molecule has 0 aromatic carbocycles. The molecule has 1 aliphatic heterocycles. The second-order valence-corrected chi connectivity index (χ2v) is 4.78. The van der Waals surface area contributed by atoms with Gasteiger partial charge in [-0.3, -0.25) is 0 Å². The summed E-state index contributed by atoms with van der Waals surface area (Å²) in [6.07, 6.45) is 6.52. The van der Waals surface area contributed by atoms with Gasteiger partial charge in [0.05, 0.1) is 6.61 Å². The van der Waals surface area contributed by atoms with E-state index in [9.17, 15) is 0 Å². The molecule has 1 saturated heterocycles. The number of likely N-dealkylation sites (tertiary alicyclic amines) is 1. The van der Waals surface area contributed by atoms with Crippen molar-refractivity contribution in [3.05, 3.63) is 18.2 Å². The number of aromatic nitrogens is 2. The van der Waals surface area contributed by atoms with Gasteiger partial charge < -0.3 is 14.2 Å². The summed E-state index contributed by atoms with van der Waals surface area (Å²) in [5.74, 6) is 1.82. The first-order valence-corrected chi connectivity index (χ1v) is 6.58. The topological polar surface area (TPSA) is 30.3 Å². The van der Waals surface area contributed by atoms with Gasteiger partial charge in [-0.1, -0.05) is 0 Å². The normalized spacial score (nSPS) is 21.9. The highest BCUT2D eigenvalue weighted by Crippen LogP contribution is 2.24. The van der Waals surface area contributed by atoms with Crippen molar-refractivity contribution in [2.45, 2.75) is 32.2 Å². The van der Waals surface area contributed by atoms with Gasteiger partial charge in [0.2, 0.25) is 0 Å². The standard InChI is InChI=1S/C13H23N3O/c1-3-17-10-9-16-8-6-14-13(16)12-5-4-7-15(2)11-12/h6,8,12H,3-5,7,9-11H2,1-2H3.